The predicted molar refractivity (Wildman–Crippen MR) is 105 cm³/mol. The largest absolute Gasteiger partial charge is 0.506 e. The van der Waals surface area contributed by atoms with Gasteiger partial charge in [-0.3, -0.25) is 4.79 Å². The van der Waals surface area contributed by atoms with E-state index in [4.69, 9.17) is 0 Å². The molecular weight excluding hydrogens is 405 g/mol. The third kappa shape index (κ3) is 3.81. The summed E-state index contributed by atoms with van der Waals surface area (Å²) in [7, 11) is -4.19. The Kier molecular flexibility index (Phi) is 5.45. The lowest BCUT2D eigenvalue weighted by molar-refractivity contribution is -0.117. The molecule has 1 aromatic carbocycles. The summed E-state index contributed by atoms with van der Waals surface area (Å²) in [6, 6.07) is 1.48. The van der Waals surface area contributed by atoms with Crippen LogP contribution in [-0.4, -0.2) is 44.3 Å². The number of halogens is 1. The van der Waals surface area contributed by atoms with Crippen molar-refractivity contribution >= 4 is 33.6 Å². The lowest BCUT2D eigenvalue weighted by Gasteiger charge is -2.28. The number of anilines is 1. The van der Waals surface area contributed by atoms with E-state index in [1.54, 1.807) is 4.72 Å². The predicted octanol–water partition coefficient (Wildman–Crippen LogP) is 1.90. The number of rotatable bonds is 5. The zero-order chi connectivity index (χ0) is 19.9. The second-order valence-electron chi connectivity index (χ2n) is 7.68. The van der Waals surface area contributed by atoms with E-state index in [0.29, 0.717) is 21.2 Å². The highest BCUT2D eigenvalue weighted by Crippen LogP contribution is 2.42. The second kappa shape index (κ2) is 7.72. The van der Waals surface area contributed by atoms with Crippen molar-refractivity contribution in [2.45, 2.75) is 49.5 Å². The van der Waals surface area contributed by atoms with E-state index in [1.807, 2.05) is 0 Å². The van der Waals surface area contributed by atoms with Gasteiger partial charge < -0.3 is 10.4 Å². The van der Waals surface area contributed by atoms with Crippen LogP contribution >= 0.6 is 11.8 Å². The molecule has 1 aliphatic carbocycles. The maximum absolute atomic E-state index is 15.2. The van der Waals surface area contributed by atoms with Crippen LogP contribution in [0, 0.1) is 11.7 Å². The number of carbonyl (C=O) groups excluding carboxylic acids is 1. The third-order valence-corrected chi connectivity index (χ3v) is 8.32. The quantitative estimate of drug-likeness (QED) is 0.661. The van der Waals surface area contributed by atoms with Gasteiger partial charge in [-0.2, -0.15) is 8.42 Å². The molecule has 1 aromatic rings. The average Bonchev–Trinajstić information content (AvgIpc) is 3.23. The number of amides is 1. The lowest BCUT2D eigenvalue weighted by Crippen LogP contribution is -2.37. The Morgan fingerprint density at radius 1 is 1.36 bits per heavy atom. The summed E-state index contributed by atoms with van der Waals surface area (Å²) in [6.45, 7) is 0.346. The van der Waals surface area contributed by atoms with Crippen LogP contribution in [-0.2, 0) is 21.4 Å². The van der Waals surface area contributed by atoms with Crippen LogP contribution in [0.4, 0.5) is 10.1 Å². The maximum Gasteiger partial charge on any atom is 0.326 e. The molecule has 0 spiro atoms. The van der Waals surface area contributed by atoms with E-state index >= 15 is 4.39 Å². The summed E-state index contributed by atoms with van der Waals surface area (Å²) in [5.74, 6) is -0.460. The number of phenols is 1. The Hall–Kier alpha value is -1.52. The highest BCUT2D eigenvalue weighted by molar-refractivity contribution is 7.99. The summed E-state index contributed by atoms with van der Waals surface area (Å²) >= 11 is 1.45. The molecule has 0 bridgehead atoms. The van der Waals surface area contributed by atoms with Crippen molar-refractivity contribution in [3.05, 3.63) is 17.4 Å². The molecule has 0 aromatic heterocycles. The molecular formula is C18H24FN3O4S2. The molecule has 2 aliphatic heterocycles. The van der Waals surface area contributed by atoms with Crippen molar-refractivity contribution in [3.8, 4) is 5.75 Å². The Morgan fingerprint density at radius 3 is 2.79 bits per heavy atom. The molecule has 3 N–H and O–H groups in total. The minimum Gasteiger partial charge on any atom is -0.506 e. The first-order valence-corrected chi connectivity index (χ1v) is 12.0. The molecule has 2 heterocycles. The number of benzene rings is 1. The maximum atomic E-state index is 15.2. The van der Waals surface area contributed by atoms with E-state index < -0.39 is 39.9 Å². The number of nitrogens with zero attached hydrogens (tertiary/aromatic N) is 1. The van der Waals surface area contributed by atoms with Crippen LogP contribution in [0.2, 0.25) is 0 Å². The van der Waals surface area contributed by atoms with Gasteiger partial charge in [0, 0.05) is 22.3 Å². The van der Waals surface area contributed by atoms with Gasteiger partial charge >= 0.3 is 10.2 Å². The summed E-state index contributed by atoms with van der Waals surface area (Å²) in [6.07, 6.45) is 6.74. The first-order chi connectivity index (χ1) is 13.3. The fourth-order valence-corrected chi connectivity index (χ4v) is 6.58. The first kappa shape index (κ1) is 19.8. The molecule has 1 saturated heterocycles. The van der Waals surface area contributed by atoms with Crippen molar-refractivity contribution in [1.29, 1.82) is 0 Å². The van der Waals surface area contributed by atoms with Gasteiger partial charge in [0.1, 0.15) is 18.0 Å². The van der Waals surface area contributed by atoms with E-state index in [2.05, 4.69) is 5.32 Å². The van der Waals surface area contributed by atoms with E-state index in [1.165, 1.54) is 43.5 Å². The monoisotopic (exact) mass is 429 g/mol. The minimum atomic E-state index is -4.19. The summed E-state index contributed by atoms with van der Waals surface area (Å²) in [5.41, 5.74) is -0.0683. The highest BCUT2D eigenvalue weighted by atomic mass is 32.2. The van der Waals surface area contributed by atoms with Gasteiger partial charge in [0.2, 0.25) is 0 Å². The first-order valence-electron chi connectivity index (χ1n) is 9.59. The molecule has 1 saturated carbocycles. The highest BCUT2D eigenvalue weighted by Gasteiger charge is 2.39. The van der Waals surface area contributed by atoms with E-state index in [9.17, 15) is 18.3 Å². The topological polar surface area (TPSA) is 98.7 Å². The number of hydrogen-bond acceptors (Lipinski definition) is 6. The molecule has 3 aliphatic rings. The van der Waals surface area contributed by atoms with Crippen molar-refractivity contribution in [2.75, 3.05) is 23.1 Å². The number of hydrogen-bond donors (Lipinski definition) is 3. The second-order valence-corrected chi connectivity index (χ2v) is 10.3. The van der Waals surface area contributed by atoms with Gasteiger partial charge in [-0.1, -0.05) is 25.7 Å². The van der Waals surface area contributed by atoms with Crippen molar-refractivity contribution in [1.82, 2.24) is 10.0 Å². The molecule has 1 amide bonds. The summed E-state index contributed by atoms with van der Waals surface area (Å²) in [5, 5.41) is 13.7. The number of fused-ring (bicyclic) bond motifs is 1. The van der Waals surface area contributed by atoms with Gasteiger partial charge in [0.25, 0.3) is 5.91 Å². The van der Waals surface area contributed by atoms with Crippen LogP contribution in [0.1, 0.15) is 37.7 Å². The fraction of sp³-hybridized carbons (Fsp3) is 0.611. The van der Waals surface area contributed by atoms with Crippen LogP contribution < -0.4 is 14.3 Å². The van der Waals surface area contributed by atoms with Crippen molar-refractivity contribution in [3.63, 3.8) is 0 Å². The van der Waals surface area contributed by atoms with Crippen LogP contribution in [0.3, 0.4) is 0 Å². The molecule has 10 heteroatoms. The zero-order valence-electron chi connectivity index (χ0n) is 15.4. The molecule has 1 atom stereocenters. The number of phenolic OH excluding ortho intramolecular Hbond substituents is 1. The summed E-state index contributed by atoms with van der Waals surface area (Å²) in [4.78, 5) is 12.1. The molecule has 7 nitrogen and oxygen atoms in total. The molecule has 154 valence electrons. The number of aromatic hydroxyl groups is 1. The van der Waals surface area contributed by atoms with E-state index in [-0.39, 0.29) is 6.04 Å². The number of nitrogens with one attached hydrogen (secondary N) is 2. The Bertz CT molecular complexity index is 887. The van der Waals surface area contributed by atoms with E-state index in [0.717, 1.165) is 24.6 Å². The van der Waals surface area contributed by atoms with Crippen LogP contribution in [0.5, 0.6) is 5.75 Å². The Labute approximate surface area is 168 Å². The molecule has 0 unspecified atom stereocenters. The normalized spacial score (nSPS) is 24.4. The number of thioether (sulfide) groups is 1. The van der Waals surface area contributed by atoms with Gasteiger partial charge in [0.05, 0.1) is 0 Å². The van der Waals surface area contributed by atoms with Gasteiger partial charge in [-0.15, -0.1) is 11.8 Å². The SMILES string of the molecule is O=C1CN(c2c(O)cc3c(c2F)C[C@H](NCCC2CCCC2)CS3)S(=O)(=O)N1. The standard InChI is InChI=1S/C18H24FN3O4S2/c19-17-13-7-12(20-6-5-11-3-1-2-4-11)10-27-15(13)8-14(23)18(17)22-9-16(24)21-28(22,25)26/h8,11-12,20,23H,1-7,9-10H2,(H,21,24)/t12-/m0/s1. The Morgan fingerprint density at radius 2 is 2.11 bits per heavy atom. The van der Waals surface area contributed by atoms with Gasteiger partial charge in [-0.05, 0) is 31.4 Å². The smallest absolute Gasteiger partial charge is 0.326 e. The molecule has 0 radical (unpaired) electrons. The lowest BCUT2D eigenvalue weighted by atomic mass is 10.0. The summed E-state index contributed by atoms with van der Waals surface area (Å²) < 4.78 is 41.8. The fourth-order valence-electron chi connectivity index (χ4n) is 4.26. The van der Waals surface area contributed by atoms with Gasteiger partial charge in [-0.25, -0.2) is 13.4 Å². The molecule has 4 rings (SSSR count). The Balaban J connectivity index is 1.51. The third-order valence-electron chi connectivity index (χ3n) is 5.70. The minimum absolute atomic E-state index is 0.0840. The van der Waals surface area contributed by atoms with Gasteiger partial charge in [0.15, 0.2) is 5.82 Å². The number of carbonyl (C=O) groups is 1. The molecule has 2 fully saturated rings. The zero-order valence-corrected chi connectivity index (χ0v) is 17.0. The van der Waals surface area contributed by atoms with Crippen molar-refractivity contribution < 1.29 is 22.7 Å². The van der Waals surface area contributed by atoms with Crippen LogP contribution in [0.25, 0.3) is 0 Å². The average molecular weight is 430 g/mol. The van der Waals surface area contributed by atoms with Crippen LogP contribution in [0.15, 0.2) is 11.0 Å². The van der Waals surface area contributed by atoms with Crippen molar-refractivity contribution in [2.24, 2.45) is 5.92 Å². The molecule has 28 heavy (non-hydrogen) atoms.